The zero-order valence-corrected chi connectivity index (χ0v) is 12.3. The molecule has 0 amide bonds. The van der Waals surface area contributed by atoms with E-state index in [2.05, 4.69) is 30.8 Å². The Morgan fingerprint density at radius 3 is 2.56 bits per heavy atom. The van der Waals surface area contributed by atoms with E-state index < -0.39 is 0 Å². The Kier molecular flexibility index (Phi) is 3.41. The SMILES string of the molecule is Cc1nn(C)c(N2CCC(C(C)(C)C)C2)c1CN. The molecule has 1 atom stereocenters. The molecule has 4 nitrogen and oxygen atoms in total. The Bertz CT molecular complexity index is 428. The molecule has 1 saturated heterocycles. The number of nitrogens with zero attached hydrogens (tertiary/aromatic N) is 3. The molecule has 1 aliphatic rings. The number of anilines is 1. The first-order valence-corrected chi connectivity index (χ1v) is 6.82. The average Bonchev–Trinajstić information content (AvgIpc) is 2.81. The summed E-state index contributed by atoms with van der Waals surface area (Å²) >= 11 is 0. The van der Waals surface area contributed by atoms with Gasteiger partial charge in [0, 0.05) is 32.2 Å². The molecule has 1 aromatic rings. The first-order chi connectivity index (χ1) is 8.34. The Labute approximate surface area is 110 Å². The van der Waals surface area contributed by atoms with Crippen LogP contribution < -0.4 is 10.6 Å². The van der Waals surface area contributed by atoms with E-state index in [1.165, 1.54) is 17.8 Å². The van der Waals surface area contributed by atoms with Crippen molar-refractivity contribution in [1.82, 2.24) is 9.78 Å². The number of hydrogen-bond donors (Lipinski definition) is 1. The van der Waals surface area contributed by atoms with E-state index in [0.717, 1.165) is 24.7 Å². The van der Waals surface area contributed by atoms with Crippen LogP contribution in [0.25, 0.3) is 0 Å². The molecule has 2 heterocycles. The summed E-state index contributed by atoms with van der Waals surface area (Å²) in [5, 5.41) is 4.51. The van der Waals surface area contributed by atoms with Gasteiger partial charge in [0.05, 0.1) is 5.69 Å². The van der Waals surface area contributed by atoms with Gasteiger partial charge in [-0.2, -0.15) is 5.10 Å². The number of aromatic nitrogens is 2. The third-order valence-electron chi connectivity index (χ3n) is 4.23. The lowest BCUT2D eigenvalue weighted by atomic mass is 9.80. The van der Waals surface area contributed by atoms with Crippen molar-refractivity contribution in [1.29, 1.82) is 0 Å². The lowest BCUT2D eigenvalue weighted by Crippen LogP contribution is -2.28. The highest BCUT2D eigenvalue weighted by Gasteiger charge is 2.33. The predicted molar refractivity (Wildman–Crippen MR) is 75.6 cm³/mol. The Morgan fingerprint density at radius 2 is 2.06 bits per heavy atom. The van der Waals surface area contributed by atoms with E-state index in [1.54, 1.807) is 0 Å². The molecule has 0 saturated carbocycles. The van der Waals surface area contributed by atoms with Crippen LogP contribution in [0.15, 0.2) is 0 Å². The minimum Gasteiger partial charge on any atom is -0.356 e. The van der Waals surface area contributed by atoms with E-state index >= 15 is 0 Å². The number of rotatable bonds is 2. The summed E-state index contributed by atoms with van der Waals surface area (Å²) in [4.78, 5) is 2.46. The molecule has 1 unspecified atom stereocenters. The van der Waals surface area contributed by atoms with Crippen molar-refractivity contribution in [2.45, 2.75) is 40.7 Å². The fourth-order valence-electron chi connectivity index (χ4n) is 2.98. The maximum Gasteiger partial charge on any atom is 0.131 e. The molecule has 0 aromatic carbocycles. The van der Waals surface area contributed by atoms with Crippen molar-refractivity contribution >= 4 is 5.82 Å². The van der Waals surface area contributed by atoms with Crippen LogP contribution >= 0.6 is 0 Å². The van der Waals surface area contributed by atoms with Crippen LogP contribution in [0.3, 0.4) is 0 Å². The highest BCUT2D eigenvalue weighted by molar-refractivity contribution is 5.51. The van der Waals surface area contributed by atoms with Crippen molar-refractivity contribution < 1.29 is 0 Å². The van der Waals surface area contributed by atoms with E-state index in [1.807, 2.05) is 18.7 Å². The van der Waals surface area contributed by atoms with Crippen LogP contribution in [0.4, 0.5) is 5.82 Å². The van der Waals surface area contributed by atoms with Gasteiger partial charge >= 0.3 is 0 Å². The monoisotopic (exact) mass is 250 g/mol. The predicted octanol–water partition coefficient (Wildman–Crippen LogP) is 2.06. The molecule has 18 heavy (non-hydrogen) atoms. The lowest BCUT2D eigenvalue weighted by molar-refractivity contribution is 0.263. The average molecular weight is 250 g/mol. The van der Waals surface area contributed by atoms with Crippen LogP contribution in [0, 0.1) is 18.3 Å². The summed E-state index contributed by atoms with van der Waals surface area (Å²) in [5.74, 6) is 1.97. The molecule has 0 spiro atoms. The van der Waals surface area contributed by atoms with Gasteiger partial charge in [0.15, 0.2) is 0 Å². The van der Waals surface area contributed by atoms with E-state index in [9.17, 15) is 0 Å². The van der Waals surface area contributed by atoms with Gasteiger partial charge in [-0.15, -0.1) is 0 Å². The van der Waals surface area contributed by atoms with Gasteiger partial charge in [0.1, 0.15) is 5.82 Å². The Morgan fingerprint density at radius 1 is 1.39 bits per heavy atom. The van der Waals surface area contributed by atoms with Crippen LogP contribution in [0.1, 0.15) is 38.4 Å². The topological polar surface area (TPSA) is 47.1 Å². The molecule has 2 N–H and O–H groups in total. The second kappa shape index (κ2) is 4.57. The second-order valence-corrected chi connectivity index (χ2v) is 6.51. The Hall–Kier alpha value is -1.03. The third kappa shape index (κ3) is 2.26. The smallest absolute Gasteiger partial charge is 0.131 e. The molecule has 0 bridgehead atoms. The van der Waals surface area contributed by atoms with Gasteiger partial charge < -0.3 is 10.6 Å². The summed E-state index contributed by atoms with van der Waals surface area (Å²) in [6.45, 7) is 11.9. The van der Waals surface area contributed by atoms with Crippen molar-refractivity contribution in [3.63, 3.8) is 0 Å². The van der Waals surface area contributed by atoms with Crippen LogP contribution in [0.2, 0.25) is 0 Å². The van der Waals surface area contributed by atoms with Gasteiger partial charge in [-0.25, -0.2) is 0 Å². The molecule has 4 heteroatoms. The molecule has 0 aliphatic carbocycles. The summed E-state index contributed by atoms with van der Waals surface area (Å²) < 4.78 is 1.99. The molecule has 1 aliphatic heterocycles. The maximum absolute atomic E-state index is 5.87. The maximum atomic E-state index is 5.87. The highest BCUT2D eigenvalue weighted by atomic mass is 15.4. The molecule has 1 fully saturated rings. The Balaban J connectivity index is 2.24. The summed E-state index contributed by atoms with van der Waals surface area (Å²) in [5.41, 5.74) is 8.52. The molecule has 0 radical (unpaired) electrons. The standard InChI is InChI=1S/C14H26N4/c1-10-12(8-15)13(17(5)16-10)18-7-6-11(9-18)14(2,3)4/h11H,6-9,15H2,1-5H3. The van der Waals surface area contributed by atoms with Crippen molar-refractivity contribution in [2.24, 2.45) is 24.1 Å². The summed E-state index contributed by atoms with van der Waals surface area (Å²) in [6.07, 6.45) is 1.26. The van der Waals surface area contributed by atoms with Crippen molar-refractivity contribution in [3.8, 4) is 0 Å². The van der Waals surface area contributed by atoms with E-state index in [0.29, 0.717) is 12.0 Å². The minimum atomic E-state index is 0.380. The second-order valence-electron chi connectivity index (χ2n) is 6.51. The van der Waals surface area contributed by atoms with Gasteiger partial charge in [-0.1, -0.05) is 20.8 Å². The fraction of sp³-hybridized carbons (Fsp3) is 0.786. The number of aryl methyl sites for hydroxylation is 2. The van der Waals surface area contributed by atoms with Crippen LogP contribution in [0.5, 0.6) is 0 Å². The van der Waals surface area contributed by atoms with Gasteiger partial charge in [-0.3, -0.25) is 4.68 Å². The molecular weight excluding hydrogens is 224 g/mol. The minimum absolute atomic E-state index is 0.380. The summed E-state index contributed by atoms with van der Waals surface area (Å²) in [6, 6.07) is 0. The number of hydrogen-bond acceptors (Lipinski definition) is 3. The first-order valence-electron chi connectivity index (χ1n) is 6.82. The van der Waals surface area contributed by atoms with Crippen LogP contribution in [-0.2, 0) is 13.6 Å². The summed E-state index contributed by atoms with van der Waals surface area (Å²) in [7, 11) is 2.02. The van der Waals surface area contributed by atoms with E-state index in [-0.39, 0.29) is 0 Å². The molecule has 102 valence electrons. The molecular formula is C14H26N4. The zero-order chi connectivity index (χ0) is 13.5. The normalized spacial score (nSPS) is 20.8. The zero-order valence-electron chi connectivity index (χ0n) is 12.3. The van der Waals surface area contributed by atoms with Crippen molar-refractivity contribution in [3.05, 3.63) is 11.3 Å². The molecule has 1 aromatic heterocycles. The third-order valence-corrected chi connectivity index (χ3v) is 4.23. The van der Waals surface area contributed by atoms with Crippen LogP contribution in [-0.4, -0.2) is 22.9 Å². The van der Waals surface area contributed by atoms with E-state index in [4.69, 9.17) is 5.73 Å². The number of nitrogens with two attached hydrogens (primary N) is 1. The van der Waals surface area contributed by atoms with Gasteiger partial charge in [-0.05, 0) is 24.7 Å². The largest absolute Gasteiger partial charge is 0.356 e. The quantitative estimate of drug-likeness (QED) is 0.874. The van der Waals surface area contributed by atoms with Gasteiger partial charge in [0.25, 0.3) is 0 Å². The van der Waals surface area contributed by atoms with Crippen molar-refractivity contribution in [2.75, 3.05) is 18.0 Å². The fourth-order valence-corrected chi connectivity index (χ4v) is 2.98. The lowest BCUT2D eigenvalue weighted by Gasteiger charge is -2.27. The van der Waals surface area contributed by atoms with Gasteiger partial charge in [0.2, 0.25) is 0 Å². The molecule has 2 rings (SSSR count). The first kappa shape index (κ1) is 13.4. The highest BCUT2D eigenvalue weighted by Crippen LogP contribution is 2.36.